The standard InChI is InChI=1S/C23H21N5O3/c24-15-27-13-20(25)10-23(14-27,28-12-18(11-26-28)22(30)31)19-8-6-17(7-9-19)21(29)16-4-2-1-3-5-16/h1-9,11-12,20H,10,13-14,25H2,(H,30,31). The average molecular weight is 415 g/mol. The Labute approximate surface area is 179 Å². The van der Waals surface area contributed by atoms with Crippen molar-refractivity contribution in [2.75, 3.05) is 13.1 Å². The van der Waals surface area contributed by atoms with Crippen molar-refractivity contribution in [2.45, 2.75) is 18.0 Å². The summed E-state index contributed by atoms with van der Waals surface area (Å²) in [5, 5.41) is 23.1. The molecule has 1 aliphatic heterocycles. The van der Waals surface area contributed by atoms with E-state index in [1.807, 2.05) is 30.3 Å². The Balaban J connectivity index is 1.76. The monoisotopic (exact) mass is 415 g/mol. The predicted octanol–water partition coefficient (Wildman–Crippen LogP) is 2.07. The molecule has 1 aliphatic rings. The third kappa shape index (κ3) is 3.79. The summed E-state index contributed by atoms with van der Waals surface area (Å²) in [6, 6.07) is 15.8. The van der Waals surface area contributed by atoms with Crippen LogP contribution >= 0.6 is 0 Å². The Morgan fingerprint density at radius 2 is 1.77 bits per heavy atom. The molecule has 0 spiro atoms. The van der Waals surface area contributed by atoms with Crippen LogP contribution in [0.2, 0.25) is 0 Å². The molecule has 0 bridgehead atoms. The van der Waals surface area contributed by atoms with Crippen LogP contribution in [-0.4, -0.2) is 50.7 Å². The number of nitrogens with two attached hydrogens (primary N) is 1. The van der Waals surface area contributed by atoms with Gasteiger partial charge in [-0.3, -0.25) is 9.48 Å². The molecule has 3 aromatic rings. The molecule has 8 heteroatoms. The molecule has 2 atom stereocenters. The zero-order chi connectivity index (χ0) is 22.0. The summed E-state index contributed by atoms with van der Waals surface area (Å²) < 4.78 is 1.58. The van der Waals surface area contributed by atoms with E-state index in [-0.39, 0.29) is 17.4 Å². The summed E-state index contributed by atoms with van der Waals surface area (Å²) in [6.07, 6.45) is 5.36. The number of hydrogen-bond acceptors (Lipinski definition) is 6. The van der Waals surface area contributed by atoms with E-state index in [4.69, 9.17) is 5.73 Å². The number of piperidine rings is 1. The van der Waals surface area contributed by atoms with Crippen LogP contribution in [-0.2, 0) is 5.54 Å². The van der Waals surface area contributed by atoms with Crippen LogP contribution in [0, 0.1) is 11.5 Å². The highest BCUT2D eigenvalue weighted by molar-refractivity contribution is 6.08. The maximum absolute atomic E-state index is 12.8. The molecule has 0 saturated carbocycles. The molecule has 156 valence electrons. The second-order valence-corrected chi connectivity index (χ2v) is 7.73. The molecule has 0 aliphatic carbocycles. The highest BCUT2D eigenvalue weighted by Gasteiger charge is 2.43. The van der Waals surface area contributed by atoms with Crippen molar-refractivity contribution >= 4 is 11.8 Å². The number of carbonyl (C=O) groups excluding carboxylic acids is 1. The second-order valence-electron chi connectivity index (χ2n) is 7.73. The van der Waals surface area contributed by atoms with E-state index < -0.39 is 11.5 Å². The van der Waals surface area contributed by atoms with Gasteiger partial charge < -0.3 is 15.7 Å². The van der Waals surface area contributed by atoms with Crippen LogP contribution in [0.4, 0.5) is 0 Å². The lowest BCUT2D eigenvalue weighted by Gasteiger charge is -2.44. The molecule has 31 heavy (non-hydrogen) atoms. The number of nitrogens with zero attached hydrogens (tertiary/aromatic N) is 4. The lowest BCUT2D eigenvalue weighted by molar-refractivity contribution is 0.0696. The Morgan fingerprint density at radius 3 is 2.39 bits per heavy atom. The fourth-order valence-corrected chi connectivity index (χ4v) is 4.17. The third-order valence-electron chi connectivity index (χ3n) is 5.64. The number of aromatic carboxylic acids is 1. The third-order valence-corrected chi connectivity index (χ3v) is 5.64. The Bertz CT molecular complexity index is 1150. The minimum Gasteiger partial charge on any atom is -0.478 e. The first-order valence-electron chi connectivity index (χ1n) is 9.82. The fraction of sp³-hybridized carbons (Fsp3) is 0.217. The number of carboxylic acid groups (broad SMARTS) is 1. The lowest BCUT2D eigenvalue weighted by Crippen LogP contribution is -2.56. The van der Waals surface area contributed by atoms with Gasteiger partial charge in [0.15, 0.2) is 12.0 Å². The zero-order valence-electron chi connectivity index (χ0n) is 16.7. The molecule has 2 aromatic carbocycles. The van der Waals surface area contributed by atoms with Gasteiger partial charge >= 0.3 is 5.97 Å². The Hall–Kier alpha value is -3.96. The van der Waals surface area contributed by atoms with Crippen LogP contribution < -0.4 is 5.73 Å². The van der Waals surface area contributed by atoms with Crippen LogP contribution in [0.1, 0.15) is 38.3 Å². The first-order valence-corrected chi connectivity index (χ1v) is 9.82. The molecule has 4 rings (SSSR count). The lowest BCUT2D eigenvalue weighted by atomic mass is 9.80. The molecule has 0 amide bonds. The number of benzene rings is 2. The first-order chi connectivity index (χ1) is 14.9. The normalized spacial score (nSPS) is 20.8. The van der Waals surface area contributed by atoms with Gasteiger partial charge in [-0.15, -0.1) is 0 Å². The number of likely N-dealkylation sites (tertiary alicyclic amines) is 1. The summed E-state index contributed by atoms with van der Waals surface area (Å²) >= 11 is 0. The summed E-state index contributed by atoms with van der Waals surface area (Å²) in [6.45, 7) is 0.708. The smallest absolute Gasteiger partial charge is 0.338 e. The first kappa shape index (κ1) is 20.3. The van der Waals surface area contributed by atoms with E-state index in [1.165, 1.54) is 12.4 Å². The molecule has 2 heterocycles. The van der Waals surface area contributed by atoms with Crippen LogP contribution in [0.25, 0.3) is 0 Å². The van der Waals surface area contributed by atoms with Gasteiger partial charge in [0.1, 0.15) is 5.54 Å². The number of carbonyl (C=O) groups is 2. The summed E-state index contributed by atoms with van der Waals surface area (Å²) in [4.78, 5) is 25.7. The minimum absolute atomic E-state index is 0.0536. The van der Waals surface area contributed by atoms with Crippen LogP contribution in [0.15, 0.2) is 67.0 Å². The molecule has 2 unspecified atom stereocenters. The SMILES string of the molecule is N#CN1CC(N)CC(c2ccc(C(=O)c3ccccc3)cc2)(n2cc(C(=O)O)cn2)C1. The van der Waals surface area contributed by atoms with Crippen molar-refractivity contribution in [3.05, 3.63) is 89.2 Å². The van der Waals surface area contributed by atoms with Crippen molar-refractivity contribution < 1.29 is 14.7 Å². The molecule has 3 N–H and O–H groups in total. The number of hydrogen-bond donors (Lipinski definition) is 2. The van der Waals surface area contributed by atoms with Gasteiger partial charge in [0, 0.05) is 29.9 Å². The number of rotatable bonds is 5. The number of ketones is 1. The van der Waals surface area contributed by atoms with E-state index in [0.29, 0.717) is 30.6 Å². The highest BCUT2D eigenvalue weighted by atomic mass is 16.4. The molecule has 0 radical (unpaired) electrons. The molecule has 1 aromatic heterocycles. The largest absolute Gasteiger partial charge is 0.478 e. The quantitative estimate of drug-likeness (QED) is 0.483. The molecule has 1 fully saturated rings. The van der Waals surface area contributed by atoms with E-state index in [1.54, 1.807) is 33.8 Å². The zero-order valence-corrected chi connectivity index (χ0v) is 16.7. The second kappa shape index (κ2) is 8.05. The van der Waals surface area contributed by atoms with Crippen molar-refractivity contribution in [1.82, 2.24) is 14.7 Å². The van der Waals surface area contributed by atoms with Crippen LogP contribution in [0.5, 0.6) is 0 Å². The highest BCUT2D eigenvalue weighted by Crippen LogP contribution is 2.35. The van der Waals surface area contributed by atoms with E-state index in [2.05, 4.69) is 11.3 Å². The Kier molecular flexibility index (Phi) is 5.28. The fourth-order valence-electron chi connectivity index (χ4n) is 4.17. The van der Waals surface area contributed by atoms with Gasteiger partial charge in [0.25, 0.3) is 0 Å². The van der Waals surface area contributed by atoms with Gasteiger partial charge in [-0.1, -0.05) is 54.6 Å². The van der Waals surface area contributed by atoms with Crippen molar-refractivity contribution in [2.24, 2.45) is 5.73 Å². The topological polar surface area (TPSA) is 125 Å². The molecule has 1 saturated heterocycles. The van der Waals surface area contributed by atoms with Gasteiger partial charge in [0.2, 0.25) is 0 Å². The van der Waals surface area contributed by atoms with E-state index >= 15 is 0 Å². The van der Waals surface area contributed by atoms with E-state index in [0.717, 1.165) is 5.56 Å². The minimum atomic E-state index is -1.08. The maximum Gasteiger partial charge on any atom is 0.338 e. The van der Waals surface area contributed by atoms with Crippen molar-refractivity contribution in [3.63, 3.8) is 0 Å². The van der Waals surface area contributed by atoms with Crippen molar-refractivity contribution in [1.29, 1.82) is 5.26 Å². The van der Waals surface area contributed by atoms with Gasteiger partial charge in [-0.05, 0) is 12.0 Å². The van der Waals surface area contributed by atoms with Crippen molar-refractivity contribution in [3.8, 4) is 6.19 Å². The average Bonchev–Trinajstić information content (AvgIpc) is 3.30. The number of nitriles is 1. The van der Waals surface area contributed by atoms with E-state index in [9.17, 15) is 20.0 Å². The summed E-state index contributed by atoms with van der Waals surface area (Å²) in [5.74, 6) is -1.17. The van der Waals surface area contributed by atoms with Crippen LogP contribution in [0.3, 0.4) is 0 Å². The summed E-state index contributed by atoms with van der Waals surface area (Å²) in [5.41, 5.74) is 7.41. The molecular weight excluding hydrogens is 394 g/mol. The number of aromatic nitrogens is 2. The molecule has 8 nitrogen and oxygen atoms in total. The van der Waals surface area contributed by atoms with Gasteiger partial charge in [0.05, 0.1) is 18.3 Å². The predicted molar refractivity (Wildman–Crippen MR) is 112 cm³/mol. The Morgan fingerprint density at radius 1 is 1.10 bits per heavy atom. The van der Waals surface area contributed by atoms with Gasteiger partial charge in [-0.25, -0.2) is 4.79 Å². The molecular formula is C23H21N5O3. The van der Waals surface area contributed by atoms with Gasteiger partial charge in [-0.2, -0.15) is 10.4 Å². The summed E-state index contributed by atoms with van der Waals surface area (Å²) in [7, 11) is 0. The maximum atomic E-state index is 12.8. The number of carboxylic acids is 1.